The van der Waals surface area contributed by atoms with E-state index in [9.17, 15) is 18.5 Å². The van der Waals surface area contributed by atoms with Crippen molar-refractivity contribution in [2.24, 2.45) is 5.92 Å². The number of sulfonamides is 1. The van der Waals surface area contributed by atoms with Gasteiger partial charge in [0.2, 0.25) is 10.0 Å². The number of aryl methyl sites for hydroxylation is 1. The van der Waals surface area contributed by atoms with Gasteiger partial charge in [0.25, 0.3) is 5.69 Å². The molecule has 1 saturated carbocycles. The molecule has 1 aliphatic heterocycles. The zero-order valence-corrected chi connectivity index (χ0v) is 14.8. The van der Waals surface area contributed by atoms with Crippen molar-refractivity contribution in [2.75, 3.05) is 6.54 Å². The molecular formula is C17H24N2O4S. The Morgan fingerprint density at radius 2 is 1.92 bits per heavy atom. The highest BCUT2D eigenvalue weighted by atomic mass is 32.2. The molecule has 0 spiro atoms. The maximum absolute atomic E-state index is 13.3. The number of nitro groups is 1. The predicted octanol–water partition coefficient (Wildman–Crippen LogP) is 3.50. The van der Waals surface area contributed by atoms with Gasteiger partial charge in [-0.05, 0) is 43.6 Å². The van der Waals surface area contributed by atoms with Gasteiger partial charge in [0.1, 0.15) is 0 Å². The number of hydrogen-bond acceptors (Lipinski definition) is 4. The lowest BCUT2D eigenvalue weighted by molar-refractivity contribution is -0.385. The second-order valence-electron chi connectivity index (χ2n) is 6.77. The fourth-order valence-corrected chi connectivity index (χ4v) is 6.26. The van der Waals surface area contributed by atoms with Crippen molar-refractivity contribution in [3.8, 4) is 0 Å². The molecule has 2 unspecified atom stereocenters. The van der Waals surface area contributed by atoms with Crippen LogP contribution in [0, 0.1) is 16.0 Å². The molecule has 2 aliphatic rings. The molecule has 0 aromatic heterocycles. The van der Waals surface area contributed by atoms with E-state index in [0.717, 1.165) is 32.1 Å². The lowest BCUT2D eigenvalue weighted by atomic mass is 9.79. The van der Waals surface area contributed by atoms with E-state index in [2.05, 4.69) is 0 Å². The minimum atomic E-state index is -3.70. The Hall–Kier alpha value is -1.47. The summed E-state index contributed by atoms with van der Waals surface area (Å²) in [7, 11) is -3.70. The van der Waals surface area contributed by atoms with Gasteiger partial charge in [0.15, 0.2) is 0 Å². The summed E-state index contributed by atoms with van der Waals surface area (Å²) in [5.41, 5.74) is 0.488. The number of non-ortho nitro benzene ring substituents is 1. The second kappa shape index (κ2) is 6.80. The topological polar surface area (TPSA) is 80.5 Å². The lowest BCUT2D eigenvalue weighted by Crippen LogP contribution is -2.49. The van der Waals surface area contributed by atoms with Gasteiger partial charge in [-0.25, -0.2) is 8.42 Å². The first-order valence-electron chi connectivity index (χ1n) is 8.74. The Morgan fingerprint density at radius 1 is 1.21 bits per heavy atom. The Kier molecular flexibility index (Phi) is 4.92. The van der Waals surface area contributed by atoms with E-state index in [1.807, 2.05) is 6.92 Å². The monoisotopic (exact) mass is 352 g/mol. The van der Waals surface area contributed by atoms with Crippen LogP contribution >= 0.6 is 0 Å². The van der Waals surface area contributed by atoms with Gasteiger partial charge in [-0.3, -0.25) is 10.1 Å². The van der Waals surface area contributed by atoms with Crippen LogP contribution in [0.15, 0.2) is 23.1 Å². The van der Waals surface area contributed by atoms with E-state index in [4.69, 9.17) is 0 Å². The Bertz CT molecular complexity index is 730. The van der Waals surface area contributed by atoms with Gasteiger partial charge in [-0.15, -0.1) is 0 Å². The first-order chi connectivity index (χ1) is 11.4. The standard InChI is InChI=1S/C17H24N2O4S/c1-2-13-9-10-15(19(20)21)12-17(13)24(22,23)18-11-5-7-14-6-3-4-8-16(14)18/h9-10,12,14,16H,2-8,11H2,1H3. The Labute approximate surface area is 143 Å². The van der Waals surface area contributed by atoms with Gasteiger partial charge in [-0.1, -0.05) is 25.8 Å². The van der Waals surface area contributed by atoms with E-state index < -0.39 is 14.9 Å². The summed E-state index contributed by atoms with van der Waals surface area (Å²) in [5.74, 6) is 0.436. The van der Waals surface area contributed by atoms with Crippen LogP contribution in [0.4, 0.5) is 5.69 Å². The maximum atomic E-state index is 13.3. The van der Waals surface area contributed by atoms with E-state index in [1.54, 1.807) is 10.4 Å². The number of rotatable bonds is 4. The van der Waals surface area contributed by atoms with Crippen molar-refractivity contribution in [1.82, 2.24) is 4.31 Å². The maximum Gasteiger partial charge on any atom is 0.270 e. The second-order valence-corrected chi connectivity index (χ2v) is 8.63. The first-order valence-corrected chi connectivity index (χ1v) is 10.2. The third-order valence-electron chi connectivity index (χ3n) is 5.42. The zero-order chi connectivity index (χ0) is 17.3. The molecule has 24 heavy (non-hydrogen) atoms. The highest BCUT2D eigenvalue weighted by Gasteiger charge is 2.40. The van der Waals surface area contributed by atoms with Crippen molar-refractivity contribution >= 4 is 15.7 Å². The van der Waals surface area contributed by atoms with Crippen molar-refractivity contribution in [1.29, 1.82) is 0 Å². The van der Waals surface area contributed by atoms with Crippen molar-refractivity contribution in [3.05, 3.63) is 33.9 Å². The molecule has 2 atom stereocenters. The average Bonchev–Trinajstić information content (AvgIpc) is 2.60. The molecule has 1 aromatic carbocycles. The zero-order valence-electron chi connectivity index (χ0n) is 14.0. The summed E-state index contributed by atoms with van der Waals surface area (Å²) < 4.78 is 28.2. The van der Waals surface area contributed by atoms with Crippen LogP contribution in [0.25, 0.3) is 0 Å². The van der Waals surface area contributed by atoms with Gasteiger partial charge >= 0.3 is 0 Å². The van der Waals surface area contributed by atoms with Crippen molar-refractivity contribution in [3.63, 3.8) is 0 Å². The predicted molar refractivity (Wildman–Crippen MR) is 91.3 cm³/mol. The summed E-state index contributed by atoms with van der Waals surface area (Å²) in [6.45, 7) is 2.40. The highest BCUT2D eigenvalue weighted by molar-refractivity contribution is 7.89. The number of piperidine rings is 1. The van der Waals surface area contributed by atoms with Crippen molar-refractivity contribution in [2.45, 2.75) is 62.8 Å². The van der Waals surface area contributed by atoms with Gasteiger partial charge in [0.05, 0.1) is 9.82 Å². The highest BCUT2D eigenvalue weighted by Crippen LogP contribution is 2.39. The Morgan fingerprint density at radius 3 is 2.62 bits per heavy atom. The first kappa shape index (κ1) is 17.4. The van der Waals surface area contributed by atoms with Crippen LogP contribution in [-0.2, 0) is 16.4 Å². The van der Waals surface area contributed by atoms with E-state index in [1.165, 1.54) is 18.6 Å². The number of hydrogen-bond donors (Lipinski definition) is 0. The normalized spacial score (nSPS) is 25.2. The number of fused-ring (bicyclic) bond motifs is 1. The molecule has 1 saturated heterocycles. The number of nitrogens with zero attached hydrogens (tertiary/aromatic N) is 2. The van der Waals surface area contributed by atoms with Gasteiger partial charge in [-0.2, -0.15) is 4.31 Å². The molecule has 0 bridgehead atoms. The number of benzene rings is 1. The number of nitro benzene ring substituents is 1. The Balaban J connectivity index is 2.03. The summed E-state index contributed by atoms with van der Waals surface area (Å²) in [6, 6.07) is 4.26. The smallest absolute Gasteiger partial charge is 0.258 e. The van der Waals surface area contributed by atoms with Crippen LogP contribution in [-0.4, -0.2) is 30.2 Å². The minimum absolute atomic E-state index is 0.0569. The van der Waals surface area contributed by atoms with E-state index in [0.29, 0.717) is 24.4 Å². The molecule has 0 amide bonds. The van der Waals surface area contributed by atoms with Crippen molar-refractivity contribution < 1.29 is 13.3 Å². The summed E-state index contributed by atoms with van der Waals surface area (Å²) in [6.07, 6.45) is 6.72. The van der Waals surface area contributed by atoms with Crippen LogP contribution in [0.3, 0.4) is 0 Å². The lowest BCUT2D eigenvalue weighted by Gasteiger charge is -2.43. The fourth-order valence-electron chi connectivity index (χ4n) is 4.19. The van der Waals surface area contributed by atoms with Crippen LogP contribution < -0.4 is 0 Å². The molecule has 3 rings (SSSR count). The molecule has 1 aromatic rings. The van der Waals surface area contributed by atoms with E-state index in [-0.39, 0.29) is 16.6 Å². The minimum Gasteiger partial charge on any atom is -0.258 e. The van der Waals surface area contributed by atoms with Gasteiger partial charge < -0.3 is 0 Å². The molecule has 132 valence electrons. The summed E-state index contributed by atoms with van der Waals surface area (Å²) >= 11 is 0. The third kappa shape index (κ3) is 3.07. The SMILES string of the molecule is CCc1ccc([N+](=O)[O-])cc1S(=O)(=O)N1CCCC2CCCCC21. The molecule has 0 N–H and O–H groups in total. The van der Waals surface area contributed by atoms with Crippen LogP contribution in [0.5, 0.6) is 0 Å². The summed E-state index contributed by atoms with van der Waals surface area (Å²) in [5, 5.41) is 11.1. The van der Waals surface area contributed by atoms with Gasteiger partial charge in [0, 0.05) is 24.7 Å². The largest absolute Gasteiger partial charge is 0.270 e. The molecule has 2 fully saturated rings. The average molecular weight is 352 g/mol. The van der Waals surface area contributed by atoms with E-state index >= 15 is 0 Å². The molecule has 7 heteroatoms. The fraction of sp³-hybridized carbons (Fsp3) is 0.647. The summed E-state index contributed by atoms with van der Waals surface area (Å²) in [4.78, 5) is 10.7. The third-order valence-corrected chi connectivity index (χ3v) is 7.43. The molecule has 1 aliphatic carbocycles. The molecule has 1 heterocycles. The quantitative estimate of drug-likeness (QED) is 0.613. The molecular weight excluding hydrogens is 328 g/mol. The molecule has 0 radical (unpaired) electrons. The molecule has 6 nitrogen and oxygen atoms in total. The van der Waals surface area contributed by atoms with Crippen LogP contribution in [0.2, 0.25) is 0 Å². The van der Waals surface area contributed by atoms with Crippen LogP contribution in [0.1, 0.15) is 51.0 Å².